The van der Waals surface area contributed by atoms with Crippen LogP contribution in [0.2, 0.25) is 0 Å². The first-order chi connectivity index (χ1) is 15.1. The lowest BCUT2D eigenvalue weighted by Gasteiger charge is -2.13. The van der Waals surface area contributed by atoms with Gasteiger partial charge in [-0.2, -0.15) is 0 Å². The molecule has 0 aliphatic rings. The Morgan fingerprint density at radius 1 is 1.00 bits per heavy atom. The Kier molecular flexibility index (Phi) is 5.94. The number of benzene rings is 2. The largest absolute Gasteiger partial charge is 0.333 e. The van der Waals surface area contributed by atoms with E-state index in [9.17, 15) is 14.4 Å². The number of fused-ring (bicyclic) bond motifs is 1. The van der Waals surface area contributed by atoms with Crippen LogP contribution in [-0.4, -0.2) is 31.3 Å². The summed E-state index contributed by atoms with van der Waals surface area (Å²) in [6.07, 6.45) is 4.72. The molecule has 0 radical (unpaired) electrons. The van der Waals surface area contributed by atoms with Crippen molar-refractivity contribution in [2.45, 2.75) is 18.0 Å². The minimum Gasteiger partial charge on any atom is -0.324 e. The number of thioether (sulfide) groups is 1. The summed E-state index contributed by atoms with van der Waals surface area (Å²) < 4.78 is 2.26. The van der Waals surface area contributed by atoms with E-state index in [4.69, 9.17) is 0 Å². The second-order valence-electron chi connectivity index (χ2n) is 6.75. The Morgan fingerprint density at radius 3 is 2.55 bits per heavy atom. The van der Waals surface area contributed by atoms with Gasteiger partial charge in [0.25, 0.3) is 5.56 Å². The number of aromatic nitrogens is 4. The first-order valence-electron chi connectivity index (χ1n) is 9.49. The van der Waals surface area contributed by atoms with Crippen LogP contribution in [0.25, 0.3) is 11.2 Å². The van der Waals surface area contributed by atoms with Crippen molar-refractivity contribution in [3.63, 3.8) is 0 Å². The molecule has 1 N–H and O–H groups in total. The van der Waals surface area contributed by atoms with E-state index in [1.807, 2.05) is 54.8 Å². The van der Waals surface area contributed by atoms with Gasteiger partial charge >= 0.3 is 5.69 Å². The van der Waals surface area contributed by atoms with Gasteiger partial charge in [0, 0.05) is 23.0 Å². The molecule has 31 heavy (non-hydrogen) atoms. The summed E-state index contributed by atoms with van der Waals surface area (Å²) in [5.74, 6) is -0.405. The van der Waals surface area contributed by atoms with Crippen molar-refractivity contribution >= 4 is 34.5 Å². The summed E-state index contributed by atoms with van der Waals surface area (Å²) in [7, 11) is 0. The second-order valence-corrected chi connectivity index (χ2v) is 7.63. The van der Waals surface area contributed by atoms with Crippen LogP contribution in [0.3, 0.4) is 0 Å². The molecule has 4 aromatic rings. The zero-order valence-electron chi connectivity index (χ0n) is 16.7. The molecule has 1 amide bonds. The van der Waals surface area contributed by atoms with Crippen molar-refractivity contribution in [2.75, 3.05) is 11.6 Å². The van der Waals surface area contributed by atoms with Crippen LogP contribution in [0.5, 0.6) is 0 Å². The molecule has 0 bridgehead atoms. The van der Waals surface area contributed by atoms with Crippen molar-refractivity contribution in [2.24, 2.45) is 0 Å². The highest BCUT2D eigenvalue weighted by Crippen LogP contribution is 2.19. The Balaban J connectivity index is 1.73. The molecular formula is C22H19N5O3S. The van der Waals surface area contributed by atoms with E-state index in [1.54, 1.807) is 17.8 Å². The van der Waals surface area contributed by atoms with Crippen LogP contribution in [-0.2, 0) is 17.9 Å². The van der Waals surface area contributed by atoms with E-state index in [0.29, 0.717) is 5.69 Å². The smallest absolute Gasteiger partial charge is 0.324 e. The number of anilines is 1. The molecule has 0 saturated heterocycles. The van der Waals surface area contributed by atoms with Gasteiger partial charge in [0.2, 0.25) is 5.91 Å². The van der Waals surface area contributed by atoms with Gasteiger partial charge in [0.05, 0.1) is 6.54 Å². The maximum Gasteiger partial charge on any atom is 0.333 e. The van der Waals surface area contributed by atoms with Crippen LogP contribution < -0.4 is 16.6 Å². The maximum atomic E-state index is 13.2. The summed E-state index contributed by atoms with van der Waals surface area (Å²) in [5.41, 5.74) is 0.369. The molecule has 0 unspecified atom stereocenters. The monoisotopic (exact) mass is 433 g/mol. The first-order valence-corrected chi connectivity index (χ1v) is 10.7. The standard InChI is InChI=1S/C22H19N5O3S/c1-31-17-9-5-8-16(12-17)25-18(28)14-26-20-19(23-10-11-24-20)21(29)27(22(26)30)13-15-6-3-2-4-7-15/h2-12H,13-14H2,1H3,(H,25,28). The molecule has 0 aliphatic carbocycles. The minimum absolute atomic E-state index is 0.0372. The number of rotatable bonds is 6. The van der Waals surface area contributed by atoms with Crippen LogP contribution in [0.1, 0.15) is 5.56 Å². The quantitative estimate of drug-likeness (QED) is 0.469. The van der Waals surface area contributed by atoms with E-state index < -0.39 is 17.2 Å². The van der Waals surface area contributed by atoms with Gasteiger partial charge in [-0.15, -0.1) is 11.8 Å². The van der Waals surface area contributed by atoms with Gasteiger partial charge < -0.3 is 5.32 Å². The molecule has 8 nitrogen and oxygen atoms in total. The Morgan fingerprint density at radius 2 is 1.77 bits per heavy atom. The van der Waals surface area contributed by atoms with Gasteiger partial charge in [0.15, 0.2) is 11.2 Å². The molecule has 0 fully saturated rings. The molecule has 156 valence electrons. The highest BCUT2D eigenvalue weighted by Gasteiger charge is 2.17. The third-order valence-electron chi connectivity index (χ3n) is 4.68. The number of amides is 1. The zero-order valence-corrected chi connectivity index (χ0v) is 17.5. The van der Waals surface area contributed by atoms with E-state index >= 15 is 0 Å². The van der Waals surface area contributed by atoms with Crippen LogP contribution in [0.15, 0.2) is 81.5 Å². The summed E-state index contributed by atoms with van der Waals surface area (Å²) in [5, 5.41) is 2.79. The van der Waals surface area contributed by atoms with Gasteiger partial charge in [0.1, 0.15) is 6.54 Å². The summed E-state index contributed by atoms with van der Waals surface area (Å²) >= 11 is 1.56. The van der Waals surface area contributed by atoms with Gasteiger partial charge in [-0.3, -0.25) is 18.7 Å². The van der Waals surface area contributed by atoms with Crippen molar-refractivity contribution in [1.29, 1.82) is 0 Å². The van der Waals surface area contributed by atoms with Crippen molar-refractivity contribution in [3.05, 3.63) is 93.4 Å². The minimum atomic E-state index is -0.616. The van der Waals surface area contributed by atoms with Crippen LogP contribution in [0, 0.1) is 0 Å². The lowest BCUT2D eigenvalue weighted by Crippen LogP contribution is -2.42. The van der Waals surface area contributed by atoms with E-state index in [-0.39, 0.29) is 24.3 Å². The lowest BCUT2D eigenvalue weighted by molar-refractivity contribution is -0.116. The molecule has 4 rings (SSSR count). The molecule has 0 aliphatic heterocycles. The van der Waals surface area contributed by atoms with Crippen molar-refractivity contribution in [3.8, 4) is 0 Å². The topological polar surface area (TPSA) is 98.9 Å². The zero-order chi connectivity index (χ0) is 21.8. The third kappa shape index (κ3) is 4.41. The molecule has 2 heterocycles. The summed E-state index contributed by atoms with van der Waals surface area (Å²) in [4.78, 5) is 48.0. The lowest BCUT2D eigenvalue weighted by atomic mass is 10.2. The fraction of sp³-hybridized carbons (Fsp3) is 0.136. The fourth-order valence-electron chi connectivity index (χ4n) is 3.22. The molecule has 2 aromatic heterocycles. The average molecular weight is 433 g/mol. The predicted octanol–water partition coefficient (Wildman–Crippen LogP) is 2.36. The number of carbonyl (C=O) groups excluding carboxylic acids is 1. The van der Waals surface area contributed by atoms with Gasteiger partial charge in [-0.05, 0) is 30.0 Å². The van der Waals surface area contributed by atoms with E-state index in [0.717, 1.165) is 15.0 Å². The van der Waals surface area contributed by atoms with Crippen LogP contribution >= 0.6 is 11.8 Å². The number of hydrogen-bond acceptors (Lipinski definition) is 6. The normalized spacial score (nSPS) is 10.9. The summed E-state index contributed by atoms with van der Waals surface area (Å²) in [6, 6.07) is 16.6. The average Bonchev–Trinajstić information content (AvgIpc) is 2.80. The van der Waals surface area contributed by atoms with Gasteiger partial charge in [-0.1, -0.05) is 36.4 Å². The Bertz CT molecular complexity index is 1370. The van der Waals surface area contributed by atoms with Gasteiger partial charge in [-0.25, -0.2) is 14.8 Å². The SMILES string of the molecule is CSc1cccc(NC(=O)Cn2c(=O)n(Cc3ccccc3)c(=O)c3nccnc32)c1. The Labute approximate surface area is 181 Å². The Hall–Kier alpha value is -3.72. The maximum absolute atomic E-state index is 13.2. The van der Waals surface area contributed by atoms with E-state index in [1.165, 1.54) is 17.0 Å². The van der Waals surface area contributed by atoms with Crippen molar-refractivity contribution in [1.82, 2.24) is 19.1 Å². The highest BCUT2D eigenvalue weighted by atomic mass is 32.2. The van der Waals surface area contributed by atoms with E-state index in [2.05, 4.69) is 15.3 Å². The van der Waals surface area contributed by atoms with Crippen molar-refractivity contribution < 1.29 is 4.79 Å². The molecular weight excluding hydrogens is 414 g/mol. The fourth-order valence-corrected chi connectivity index (χ4v) is 3.68. The van der Waals surface area contributed by atoms with Crippen LogP contribution in [0.4, 0.5) is 5.69 Å². The highest BCUT2D eigenvalue weighted by molar-refractivity contribution is 7.98. The second kappa shape index (κ2) is 8.97. The molecule has 0 spiro atoms. The molecule has 0 saturated carbocycles. The molecule has 2 aromatic carbocycles. The first kappa shape index (κ1) is 20.5. The molecule has 9 heteroatoms. The third-order valence-corrected chi connectivity index (χ3v) is 5.41. The number of nitrogens with zero attached hydrogens (tertiary/aromatic N) is 4. The number of carbonyl (C=O) groups is 1. The number of hydrogen-bond donors (Lipinski definition) is 1. The summed E-state index contributed by atoms with van der Waals surface area (Å²) in [6.45, 7) is -0.227. The molecule has 0 atom stereocenters. The number of nitrogens with one attached hydrogen (secondary N) is 1. The predicted molar refractivity (Wildman–Crippen MR) is 120 cm³/mol.